The van der Waals surface area contributed by atoms with Gasteiger partial charge in [-0.05, 0) is 49.2 Å². The number of carbonyl (C=O) groups excluding carboxylic acids is 1. The Morgan fingerprint density at radius 3 is 2.46 bits per heavy atom. The van der Waals surface area contributed by atoms with Gasteiger partial charge in [-0.15, -0.1) is 0 Å². The first-order valence-corrected chi connectivity index (χ1v) is 11.9. The quantitative estimate of drug-likeness (QED) is 0.364. The van der Waals surface area contributed by atoms with Gasteiger partial charge in [-0.1, -0.05) is 60.1 Å². The molecule has 35 heavy (non-hydrogen) atoms. The number of fused-ring (bicyclic) bond motifs is 1. The predicted molar refractivity (Wildman–Crippen MR) is 138 cm³/mol. The number of ether oxygens (including phenoxy) is 1. The molecule has 1 aromatic heterocycles. The molecule has 178 valence electrons. The monoisotopic (exact) mass is 486 g/mol. The van der Waals surface area contributed by atoms with E-state index in [1.165, 1.54) is 0 Å². The van der Waals surface area contributed by atoms with Crippen molar-refractivity contribution in [2.75, 3.05) is 12.4 Å². The minimum atomic E-state index is -0.341. The van der Waals surface area contributed by atoms with Gasteiger partial charge in [0.05, 0.1) is 35.6 Å². The first kappa shape index (κ1) is 23.0. The van der Waals surface area contributed by atoms with E-state index in [1.54, 1.807) is 7.11 Å². The van der Waals surface area contributed by atoms with Gasteiger partial charge >= 0.3 is 0 Å². The molecule has 0 bridgehead atoms. The molecule has 7 heteroatoms. The van der Waals surface area contributed by atoms with Crippen molar-refractivity contribution in [2.45, 2.75) is 33.1 Å². The van der Waals surface area contributed by atoms with Crippen molar-refractivity contribution in [2.24, 2.45) is 0 Å². The van der Waals surface area contributed by atoms with Crippen molar-refractivity contribution < 1.29 is 9.53 Å². The number of aromatic nitrogens is 2. The third kappa shape index (κ3) is 4.37. The van der Waals surface area contributed by atoms with Crippen LogP contribution in [-0.2, 0) is 13.1 Å². The van der Waals surface area contributed by atoms with E-state index < -0.39 is 0 Å². The summed E-state index contributed by atoms with van der Waals surface area (Å²) in [6.07, 6.45) is -0.341. The van der Waals surface area contributed by atoms with Gasteiger partial charge in [-0.2, -0.15) is 5.10 Å². The number of benzene rings is 3. The Morgan fingerprint density at radius 1 is 1.00 bits per heavy atom. The van der Waals surface area contributed by atoms with Gasteiger partial charge in [0.1, 0.15) is 11.9 Å². The maximum absolute atomic E-state index is 13.6. The second-order valence-corrected chi connectivity index (χ2v) is 9.10. The number of nitrogens with one attached hydrogen (secondary N) is 1. The van der Waals surface area contributed by atoms with E-state index in [2.05, 4.69) is 16.5 Å². The average molecular weight is 487 g/mol. The van der Waals surface area contributed by atoms with Crippen LogP contribution in [0.5, 0.6) is 5.75 Å². The highest BCUT2D eigenvalue weighted by molar-refractivity contribution is 6.31. The Balaban J connectivity index is 1.56. The highest BCUT2D eigenvalue weighted by Crippen LogP contribution is 2.36. The smallest absolute Gasteiger partial charge is 0.258 e. The summed E-state index contributed by atoms with van der Waals surface area (Å²) in [6.45, 7) is 4.85. The summed E-state index contributed by atoms with van der Waals surface area (Å²) in [6, 6.07) is 23.7. The van der Waals surface area contributed by atoms with E-state index >= 15 is 0 Å². The second-order valence-electron chi connectivity index (χ2n) is 8.72. The third-order valence-electron chi connectivity index (χ3n) is 6.45. The lowest BCUT2D eigenvalue weighted by molar-refractivity contribution is 0.0666. The van der Waals surface area contributed by atoms with Crippen molar-refractivity contribution >= 4 is 23.2 Å². The molecule has 0 spiro atoms. The number of aryl methyl sites for hydroxylation is 1. The summed E-state index contributed by atoms with van der Waals surface area (Å²) in [7, 11) is 1.66. The van der Waals surface area contributed by atoms with Crippen LogP contribution >= 0.6 is 11.6 Å². The van der Waals surface area contributed by atoms with Crippen molar-refractivity contribution in [3.63, 3.8) is 0 Å². The van der Waals surface area contributed by atoms with Gasteiger partial charge in [0.2, 0.25) is 0 Å². The van der Waals surface area contributed by atoms with Crippen LogP contribution in [0, 0.1) is 13.8 Å². The Kier molecular flexibility index (Phi) is 6.22. The van der Waals surface area contributed by atoms with E-state index in [9.17, 15) is 4.79 Å². The van der Waals surface area contributed by atoms with Crippen LogP contribution in [0.25, 0.3) is 0 Å². The Hall–Kier alpha value is -3.77. The number of hydrogen-bond donors (Lipinski definition) is 1. The molecule has 3 aromatic carbocycles. The first-order chi connectivity index (χ1) is 17.0. The van der Waals surface area contributed by atoms with Crippen molar-refractivity contribution in [3.05, 3.63) is 111 Å². The molecule has 0 aliphatic carbocycles. The molecule has 0 fully saturated rings. The number of rotatable bonds is 6. The number of halogens is 1. The largest absolute Gasteiger partial charge is 0.496 e. The fraction of sp³-hybridized carbons (Fsp3) is 0.214. The first-order valence-electron chi connectivity index (χ1n) is 11.5. The zero-order valence-electron chi connectivity index (χ0n) is 20.0. The third-order valence-corrected chi connectivity index (χ3v) is 7.00. The molecule has 1 aliphatic rings. The lowest BCUT2D eigenvalue weighted by atomic mass is 10.0. The summed E-state index contributed by atoms with van der Waals surface area (Å²) < 4.78 is 7.55. The molecule has 4 aromatic rings. The van der Waals surface area contributed by atoms with Crippen molar-refractivity contribution in [3.8, 4) is 5.75 Å². The Morgan fingerprint density at radius 2 is 1.74 bits per heavy atom. The number of carbonyl (C=O) groups is 1. The summed E-state index contributed by atoms with van der Waals surface area (Å²) in [5, 5.41) is 8.84. The number of para-hydroxylation sites is 1. The zero-order valence-corrected chi connectivity index (χ0v) is 20.7. The van der Waals surface area contributed by atoms with Gasteiger partial charge in [0.25, 0.3) is 5.91 Å². The molecule has 1 aliphatic heterocycles. The van der Waals surface area contributed by atoms with Gasteiger partial charge in [-0.25, -0.2) is 0 Å². The minimum Gasteiger partial charge on any atom is -0.496 e. The standard InChI is InChI=1S/C28H27ClN4O2/c1-18-26(29)19(2)33(31-18)17-22-15-21(13-14-25(22)35-3)27-30-24-12-8-7-11-23(24)28(34)32(27)16-20-9-5-4-6-10-20/h4-15,27,30H,16-17H2,1-3H3. The summed E-state index contributed by atoms with van der Waals surface area (Å²) >= 11 is 6.38. The maximum Gasteiger partial charge on any atom is 0.258 e. The van der Waals surface area contributed by atoms with E-state index in [4.69, 9.17) is 16.3 Å². The molecule has 1 atom stereocenters. The van der Waals surface area contributed by atoms with E-state index in [0.717, 1.165) is 39.5 Å². The minimum absolute atomic E-state index is 0.00380. The van der Waals surface area contributed by atoms with E-state index in [0.29, 0.717) is 23.7 Å². The summed E-state index contributed by atoms with van der Waals surface area (Å²) in [5.74, 6) is 0.755. The lowest BCUT2D eigenvalue weighted by Crippen LogP contribution is -2.42. The van der Waals surface area contributed by atoms with Gasteiger partial charge < -0.3 is 15.0 Å². The number of hydrogen-bond acceptors (Lipinski definition) is 4. The predicted octanol–water partition coefficient (Wildman–Crippen LogP) is 5.98. The van der Waals surface area contributed by atoms with Crippen LogP contribution in [0.15, 0.2) is 72.8 Å². The highest BCUT2D eigenvalue weighted by atomic mass is 35.5. The average Bonchev–Trinajstić information content (AvgIpc) is 3.12. The van der Waals surface area contributed by atoms with Gasteiger partial charge in [0.15, 0.2) is 0 Å². The molecule has 1 N–H and O–H groups in total. The molecule has 5 rings (SSSR count). The lowest BCUT2D eigenvalue weighted by Gasteiger charge is -2.38. The van der Waals surface area contributed by atoms with Crippen LogP contribution in [0.2, 0.25) is 5.02 Å². The number of anilines is 1. The molecular formula is C28H27ClN4O2. The van der Waals surface area contributed by atoms with E-state index in [-0.39, 0.29) is 12.1 Å². The molecule has 1 unspecified atom stereocenters. The highest BCUT2D eigenvalue weighted by Gasteiger charge is 2.33. The molecule has 0 radical (unpaired) electrons. The Labute approximate surface area is 210 Å². The van der Waals surface area contributed by atoms with E-state index in [1.807, 2.05) is 90.2 Å². The SMILES string of the molecule is COc1ccc(C2Nc3ccccc3C(=O)N2Cc2ccccc2)cc1Cn1nc(C)c(Cl)c1C. The van der Waals surface area contributed by atoms with Gasteiger partial charge in [-0.3, -0.25) is 9.48 Å². The molecule has 0 saturated heterocycles. The molecule has 0 saturated carbocycles. The fourth-order valence-corrected chi connectivity index (χ4v) is 4.72. The maximum atomic E-state index is 13.6. The molecule has 1 amide bonds. The van der Waals surface area contributed by atoms with Crippen molar-refractivity contribution in [1.82, 2.24) is 14.7 Å². The molecule has 6 nitrogen and oxygen atoms in total. The molecular weight excluding hydrogens is 460 g/mol. The number of amides is 1. The van der Waals surface area contributed by atoms with Crippen LogP contribution in [0.1, 0.15) is 44.6 Å². The zero-order chi connectivity index (χ0) is 24.5. The topological polar surface area (TPSA) is 59.4 Å². The molecule has 2 heterocycles. The van der Waals surface area contributed by atoms with Crippen LogP contribution in [-0.4, -0.2) is 27.7 Å². The van der Waals surface area contributed by atoms with Crippen LogP contribution < -0.4 is 10.1 Å². The fourth-order valence-electron chi connectivity index (χ4n) is 4.58. The normalized spacial score (nSPS) is 15.0. The Bertz CT molecular complexity index is 1380. The summed E-state index contributed by atoms with van der Waals surface area (Å²) in [5.41, 5.74) is 6.19. The number of nitrogens with zero attached hydrogens (tertiary/aromatic N) is 3. The van der Waals surface area contributed by atoms with Crippen molar-refractivity contribution in [1.29, 1.82) is 0 Å². The second kappa shape index (κ2) is 9.47. The van der Waals surface area contributed by atoms with Gasteiger partial charge in [0, 0.05) is 17.8 Å². The van der Waals surface area contributed by atoms with Crippen LogP contribution in [0.3, 0.4) is 0 Å². The summed E-state index contributed by atoms with van der Waals surface area (Å²) in [4.78, 5) is 15.5. The van der Waals surface area contributed by atoms with Crippen LogP contribution in [0.4, 0.5) is 5.69 Å². The number of methoxy groups -OCH3 is 1.